The number of fused-ring (bicyclic) bond motifs is 2. The van der Waals surface area contributed by atoms with E-state index in [0.717, 1.165) is 27.4 Å². The zero-order valence-corrected chi connectivity index (χ0v) is 17.2. The molecule has 2 unspecified atom stereocenters. The Labute approximate surface area is 182 Å². The van der Waals surface area contributed by atoms with Gasteiger partial charge >= 0.3 is 0 Å². The van der Waals surface area contributed by atoms with Gasteiger partial charge in [0.15, 0.2) is 0 Å². The van der Waals surface area contributed by atoms with Crippen LogP contribution in [0.3, 0.4) is 0 Å². The smallest absolute Gasteiger partial charge is 0.221 e. The predicted molar refractivity (Wildman–Crippen MR) is 121 cm³/mol. The van der Waals surface area contributed by atoms with E-state index in [2.05, 4.69) is 15.0 Å². The topological polar surface area (TPSA) is 136 Å². The molecule has 31 heavy (non-hydrogen) atoms. The molecule has 9 heteroatoms. The molecule has 0 aliphatic heterocycles. The molecule has 0 spiro atoms. The number of nitrogen functional groups attached to an aromatic ring is 2. The maximum atomic E-state index is 10.7. The third-order valence-electron chi connectivity index (χ3n) is 5.80. The first-order valence-electron chi connectivity index (χ1n) is 9.91. The van der Waals surface area contributed by atoms with E-state index >= 15 is 0 Å². The average Bonchev–Trinajstić information content (AvgIpc) is 3.28. The number of hydrogen-bond acceptors (Lipinski definition) is 7. The Morgan fingerprint density at radius 1 is 1.03 bits per heavy atom. The molecular formula is C22H21ClN6O2. The molecule has 1 aromatic carbocycles. The standard InChI is InChI=1S/C22H21ClN6O2/c23-15-8-12-3-1-11(7-16(12)27-20(15)24)2-4-13-9-17(19(31)18(13)30)29-6-5-14-10-26-22(25)28-21(14)29/h1,3,5-10,17-19,30-31H,2,4H2,(H2,24,27)(H2,25,26,28)/t17?,18?,19-/m1/s1. The summed E-state index contributed by atoms with van der Waals surface area (Å²) in [6.07, 6.45) is 4.73. The molecule has 0 saturated heterocycles. The summed E-state index contributed by atoms with van der Waals surface area (Å²) >= 11 is 6.04. The van der Waals surface area contributed by atoms with Gasteiger partial charge in [-0.1, -0.05) is 29.8 Å². The van der Waals surface area contributed by atoms with Crippen molar-refractivity contribution in [2.45, 2.75) is 31.1 Å². The van der Waals surface area contributed by atoms with Crippen molar-refractivity contribution in [3.63, 3.8) is 0 Å². The Balaban J connectivity index is 1.39. The number of rotatable bonds is 4. The lowest BCUT2D eigenvalue weighted by atomic mass is 10.0. The second-order valence-electron chi connectivity index (χ2n) is 7.78. The number of pyridine rings is 1. The summed E-state index contributed by atoms with van der Waals surface area (Å²) in [6, 6.07) is 9.15. The predicted octanol–water partition coefficient (Wildman–Crippen LogP) is 2.63. The number of anilines is 2. The highest BCUT2D eigenvalue weighted by Crippen LogP contribution is 2.34. The van der Waals surface area contributed by atoms with Crippen molar-refractivity contribution in [3.8, 4) is 0 Å². The fourth-order valence-corrected chi connectivity index (χ4v) is 4.30. The first-order valence-corrected chi connectivity index (χ1v) is 10.3. The van der Waals surface area contributed by atoms with Gasteiger partial charge in [-0.15, -0.1) is 0 Å². The minimum Gasteiger partial charge on any atom is -0.388 e. The molecule has 6 N–H and O–H groups in total. The first-order chi connectivity index (χ1) is 14.9. The van der Waals surface area contributed by atoms with E-state index in [9.17, 15) is 10.2 Å². The van der Waals surface area contributed by atoms with Crippen LogP contribution < -0.4 is 11.5 Å². The lowest BCUT2D eigenvalue weighted by Gasteiger charge is -2.19. The number of hydrogen-bond donors (Lipinski definition) is 4. The Morgan fingerprint density at radius 2 is 1.87 bits per heavy atom. The maximum absolute atomic E-state index is 10.7. The van der Waals surface area contributed by atoms with Crippen LogP contribution >= 0.6 is 11.6 Å². The third kappa shape index (κ3) is 3.48. The Kier molecular flexibility index (Phi) is 4.77. The van der Waals surface area contributed by atoms with Gasteiger partial charge in [0.1, 0.15) is 23.7 Å². The Morgan fingerprint density at radius 3 is 2.71 bits per heavy atom. The SMILES string of the molecule is Nc1ncc2ccn(C3C=C(CCc4ccc5cc(Cl)c(N)nc5c4)C(O)[C@@H]3O)c2n1. The van der Waals surface area contributed by atoms with E-state index < -0.39 is 18.2 Å². The highest BCUT2D eigenvalue weighted by atomic mass is 35.5. The minimum absolute atomic E-state index is 0.163. The van der Waals surface area contributed by atoms with Crippen molar-refractivity contribution in [2.75, 3.05) is 11.5 Å². The highest BCUT2D eigenvalue weighted by molar-refractivity contribution is 6.33. The number of aliphatic hydroxyl groups excluding tert-OH is 2. The van der Waals surface area contributed by atoms with Gasteiger partial charge in [-0.25, -0.2) is 9.97 Å². The molecule has 1 aliphatic carbocycles. The van der Waals surface area contributed by atoms with Crippen molar-refractivity contribution in [1.82, 2.24) is 19.5 Å². The van der Waals surface area contributed by atoms with E-state index in [4.69, 9.17) is 23.1 Å². The van der Waals surface area contributed by atoms with Gasteiger partial charge in [0.2, 0.25) is 5.95 Å². The van der Waals surface area contributed by atoms with Crippen LogP contribution in [0, 0.1) is 0 Å². The molecule has 0 radical (unpaired) electrons. The lowest BCUT2D eigenvalue weighted by molar-refractivity contribution is 0.0317. The average molecular weight is 437 g/mol. The Hall–Kier alpha value is -3.20. The van der Waals surface area contributed by atoms with E-state index in [-0.39, 0.29) is 5.95 Å². The summed E-state index contributed by atoms with van der Waals surface area (Å²) in [6.45, 7) is 0. The van der Waals surface area contributed by atoms with Crippen LogP contribution in [-0.2, 0) is 6.42 Å². The van der Waals surface area contributed by atoms with Crippen molar-refractivity contribution in [1.29, 1.82) is 0 Å². The van der Waals surface area contributed by atoms with E-state index in [1.165, 1.54) is 0 Å². The fourth-order valence-electron chi connectivity index (χ4n) is 4.14. The molecule has 3 atom stereocenters. The monoisotopic (exact) mass is 436 g/mol. The minimum atomic E-state index is -0.970. The van der Waals surface area contributed by atoms with Crippen LogP contribution in [0.15, 0.2) is 54.4 Å². The van der Waals surface area contributed by atoms with Crippen LogP contribution in [0.4, 0.5) is 11.8 Å². The number of nitrogens with two attached hydrogens (primary N) is 2. The van der Waals surface area contributed by atoms with Crippen molar-refractivity contribution in [3.05, 3.63) is 65.0 Å². The van der Waals surface area contributed by atoms with Gasteiger partial charge in [-0.2, -0.15) is 4.98 Å². The van der Waals surface area contributed by atoms with Crippen molar-refractivity contribution in [2.24, 2.45) is 0 Å². The van der Waals surface area contributed by atoms with Gasteiger partial charge in [-0.05, 0) is 42.2 Å². The van der Waals surface area contributed by atoms with Gasteiger partial charge in [0.25, 0.3) is 0 Å². The summed E-state index contributed by atoms with van der Waals surface area (Å²) in [5.74, 6) is 0.464. The molecule has 1 aliphatic rings. The zero-order valence-electron chi connectivity index (χ0n) is 16.5. The lowest BCUT2D eigenvalue weighted by Crippen LogP contribution is -2.29. The summed E-state index contributed by atoms with van der Waals surface area (Å²) in [7, 11) is 0. The molecular weight excluding hydrogens is 416 g/mol. The summed E-state index contributed by atoms with van der Waals surface area (Å²) < 4.78 is 1.82. The van der Waals surface area contributed by atoms with Gasteiger partial charge < -0.3 is 26.2 Å². The molecule has 5 rings (SSSR count). The normalized spacial score (nSPS) is 21.1. The first kappa shape index (κ1) is 19.7. The van der Waals surface area contributed by atoms with Gasteiger partial charge in [-0.3, -0.25) is 0 Å². The summed E-state index contributed by atoms with van der Waals surface area (Å²) in [5.41, 5.74) is 14.8. The van der Waals surface area contributed by atoms with Crippen LogP contribution in [0.25, 0.3) is 21.9 Å². The second kappa shape index (κ2) is 7.49. The van der Waals surface area contributed by atoms with Gasteiger partial charge in [0, 0.05) is 23.2 Å². The van der Waals surface area contributed by atoms with Crippen molar-refractivity contribution >= 4 is 45.3 Å². The Bertz CT molecular complexity index is 1330. The fraction of sp³-hybridized carbons (Fsp3) is 0.227. The molecule has 0 amide bonds. The number of nitrogens with zero attached hydrogens (tertiary/aromatic N) is 4. The molecule has 0 fully saturated rings. The van der Waals surface area contributed by atoms with Crippen LogP contribution in [0.2, 0.25) is 5.02 Å². The molecule has 3 aromatic heterocycles. The summed E-state index contributed by atoms with van der Waals surface area (Å²) in [5, 5.41) is 23.5. The molecule has 158 valence electrons. The number of aryl methyl sites for hydroxylation is 1. The van der Waals surface area contributed by atoms with Crippen LogP contribution in [0.1, 0.15) is 18.0 Å². The number of aliphatic hydroxyl groups is 2. The van der Waals surface area contributed by atoms with E-state index in [1.807, 2.05) is 41.1 Å². The van der Waals surface area contributed by atoms with E-state index in [0.29, 0.717) is 29.3 Å². The largest absolute Gasteiger partial charge is 0.388 e. The number of benzene rings is 1. The second-order valence-corrected chi connectivity index (χ2v) is 8.19. The van der Waals surface area contributed by atoms with E-state index in [1.54, 1.807) is 12.3 Å². The summed E-state index contributed by atoms with van der Waals surface area (Å²) in [4.78, 5) is 12.6. The third-order valence-corrected chi connectivity index (χ3v) is 6.10. The van der Waals surface area contributed by atoms with Crippen LogP contribution in [0.5, 0.6) is 0 Å². The molecule has 8 nitrogen and oxygen atoms in total. The molecule has 0 saturated carbocycles. The quantitative estimate of drug-likeness (QED) is 0.361. The van der Waals surface area contributed by atoms with Crippen molar-refractivity contribution < 1.29 is 10.2 Å². The zero-order chi connectivity index (χ0) is 21.7. The van der Waals surface area contributed by atoms with Gasteiger partial charge in [0.05, 0.1) is 16.6 Å². The highest BCUT2D eigenvalue weighted by Gasteiger charge is 2.35. The number of halogens is 1. The number of aromatic nitrogens is 4. The molecule has 0 bridgehead atoms. The molecule has 3 heterocycles. The molecule has 4 aromatic rings. The van der Waals surface area contributed by atoms with Crippen LogP contribution in [-0.4, -0.2) is 41.9 Å². The maximum Gasteiger partial charge on any atom is 0.221 e.